The molecule has 2 aliphatic rings. The van der Waals surface area contributed by atoms with Gasteiger partial charge in [-0.2, -0.15) is 0 Å². The summed E-state index contributed by atoms with van der Waals surface area (Å²) in [5, 5.41) is 9.72. The van der Waals surface area contributed by atoms with Crippen LogP contribution in [0.25, 0.3) is 0 Å². The standard InChI is InChI=1S/C8H7NO3S2/c10-5-8(4-13,7(11)12)6-9(5)2-1-3-14-6/h1-2,4,6H,3H2,(H,11,12)/t6-,8?/m0/s1. The molecule has 14 heavy (non-hydrogen) atoms. The van der Waals surface area contributed by atoms with E-state index in [4.69, 9.17) is 5.11 Å². The monoisotopic (exact) mass is 229 g/mol. The van der Waals surface area contributed by atoms with Gasteiger partial charge in [0.1, 0.15) is 5.37 Å². The maximum atomic E-state index is 11.6. The van der Waals surface area contributed by atoms with Crippen molar-refractivity contribution in [3.63, 3.8) is 0 Å². The van der Waals surface area contributed by atoms with Crippen molar-refractivity contribution in [3.8, 4) is 0 Å². The molecule has 0 aromatic carbocycles. The molecule has 0 aromatic rings. The molecular formula is C8H7NO3S2. The summed E-state index contributed by atoms with van der Waals surface area (Å²) < 4.78 is 0. The molecule has 2 rings (SSSR count). The molecule has 0 aliphatic carbocycles. The second-order valence-electron chi connectivity index (χ2n) is 3.07. The summed E-state index contributed by atoms with van der Waals surface area (Å²) in [7, 11) is 0. The van der Waals surface area contributed by atoms with Gasteiger partial charge in [0.05, 0.1) is 0 Å². The van der Waals surface area contributed by atoms with E-state index in [0.29, 0.717) is 5.75 Å². The number of hydrogen-bond acceptors (Lipinski definition) is 4. The van der Waals surface area contributed by atoms with Gasteiger partial charge in [-0.05, 0) is 0 Å². The topological polar surface area (TPSA) is 57.6 Å². The third-order valence-corrected chi connectivity index (χ3v) is 4.06. The molecule has 0 aromatic heterocycles. The minimum Gasteiger partial charge on any atom is -0.480 e. The number of amides is 1. The summed E-state index contributed by atoms with van der Waals surface area (Å²) in [5.74, 6) is -0.873. The Morgan fingerprint density at radius 1 is 1.86 bits per heavy atom. The van der Waals surface area contributed by atoms with Gasteiger partial charge in [-0.1, -0.05) is 18.3 Å². The van der Waals surface area contributed by atoms with Gasteiger partial charge >= 0.3 is 5.97 Å². The normalized spacial score (nSPS) is 34.7. The van der Waals surface area contributed by atoms with Crippen LogP contribution in [-0.4, -0.2) is 38.4 Å². The van der Waals surface area contributed by atoms with Crippen molar-refractivity contribution in [1.29, 1.82) is 0 Å². The second kappa shape index (κ2) is 3.06. The number of β-lactam (4-membered cyclic amide) rings is 1. The predicted octanol–water partition coefficient (Wildman–Crippen LogP) is 0.486. The second-order valence-corrected chi connectivity index (χ2v) is 4.42. The van der Waals surface area contributed by atoms with E-state index in [0.717, 1.165) is 5.37 Å². The van der Waals surface area contributed by atoms with Crippen LogP contribution < -0.4 is 0 Å². The zero-order valence-electron chi connectivity index (χ0n) is 7.04. The fourth-order valence-electron chi connectivity index (χ4n) is 1.60. The zero-order valence-corrected chi connectivity index (χ0v) is 8.68. The highest BCUT2D eigenvalue weighted by Gasteiger charge is 2.65. The van der Waals surface area contributed by atoms with E-state index in [-0.39, 0.29) is 5.37 Å². The van der Waals surface area contributed by atoms with Gasteiger partial charge < -0.3 is 10.0 Å². The predicted molar refractivity (Wildman–Crippen MR) is 56.0 cm³/mol. The molecule has 4 nitrogen and oxygen atoms in total. The Balaban J connectivity index is 2.39. The van der Waals surface area contributed by atoms with Crippen LogP contribution >= 0.6 is 24.0 Å². The summed E-state index contributed by atoms with van der Waals surface area (Å²) >= 11 is 6.08. The first kappa shape index (κ1) is 9.67. The first-order valence-corrected chi connectivity index (χ1v) is 5.47. The summed E-state index contributed by atoms with van der Waals surface area (Å²) in [6, 6.07) is 0. The third kappa shape index (κ3) is 0.923. The number of thioether (sulfide) groups is 1. The van der Waals surface area contributed by atoms with Crippen LogP contribution in [0, 0.1) is 5.41 Å². The number of carbonyl (C=O) groups is 2. The number of aliphatic carboxylic acids is 1. The Morgan fingerprint density at radius 2 is 2.57 bits per heavy atom. The lowest BCUT2D eigenvalue weighted by Gasteiger charge is -2.50. The molecule has 74 valence electrons. The molecule has 1 fully saturated rings. The van der Waals surface area contributed by atoms with E-state index in [2.05, 4.69) is 12.2 Å². The van der Waals surface area contributed by atoms with E-state index in [1.165, 1.54) is 16.7 Å². The van der Waals surface area contributed by atoms with Crippen molar-refractivity contribution in [2.45, 2.75) is 5.37 Å². The Kier molecular flexibility index (Phi) is 2.11. The minimum absolute atomic E-state index is 0.366. The molecule has 2 aliphatic heterocycles. The Labute approximate surface area is 90.0 Å². The number of fused-ring (bicyclic) bond motifs is 1. The smallest absolute Gasteiger partial charge is 0.327 e. The van der Waals surface area contributed by atoms with Gasteiger partial charge in [0.25, 0.3) is 5.91 Å². The lowest BCUT2D eigenvalue weighted by Crippen LogP contribution is -2.70. The number of carboxylic acid groups (broad SMARTS) is 1. The molecular weight excluding hydrogens is 222 g/mol. The Hall–Kier alpha value is -0.880. The molecule has 1 N–H and O–H groups in total. The fourth-order valence-corrected chi connectivity index (χ4v) is 3.25. The average Bonchev–Trinajstić information content (AvgIpc) is 2.18. The minimum atomic E-state index is -1.48. The molecule has 0 bridgehead atoms. The number of carboxylic acids is 1. The number of nitrogens with zero attached hydrogens (tertiary/aromatic N) is 1. The van der Waals surface area contributed by atoms with Crippen LogP contribution in [0.1, 0.15) is 0 Å². The molecule has 1 saturated heterocycles. The van der Waals surface area contributed by atoms with E-state index in [1.54, 1.807) is 6.20 Å². The number of thiocarbonyl (C=S) groups is 1. The maximum absolute atomic E-state index is 11.6. The lowest BCUT2D eigenvalue weighted by atomic mass is 9.80. The fraction of sp³-hybridized carbons (Fsp3) is 0.375. The van der Waals surface area contributed by atoms with Gasteiger partial charge in [-0.15, -0.1) is 11.8 Å². The lowest BCUT2D eigenvalue weighted by molar-refractivity contribution is -0.166. The molecule has 2 heterocycles. The SMILES string of the molecule is O=C(O)C1(C=S)C(=O)N2C=CCS[C@H]21. The molecule has 1 amide bonds. The van der Waals surface area contributed by atoms with Crippen molar-refractivity contribution in [2.24, 2.45) is 5.41 Å². The van der Waals surface area contributed by atoms with Crippen LogP contribution in [0.4, 0.5) is 0 Å². The molecule has 6 heteroatoms. The maximum Gasteiger partial charge on any atom is 0.327 e. The molecule has 2 atom stereocenters. The first-order valence-electron chi connectivity index (χ1n) is 3.95. The van der Waals surface area contributed by atoms with Gasteiger partial charge in [0.2, 0.25) is 5.41 Å². The van der Waals surface area contributed by atoms with Gasteiger partial charge in [-0.25, -0.2) is 0 Å². The highest BCUT2D eigenvalue weighted by atomic mass is 32.2. The van der Waals surface area contributed by atoms with Gasteiger partial charge in [-0.3, -0.25) is 9.59 Å². The van der Waals surface area contributed by atoms with Crippen molar-refractivity contribution in [1.82, 2.24) is 4.90 Å². The van der Waals surface area contributed by atoms with Crippen LogP contribution in [-0.2, 0) is 9.59 Å². The number of rotatable bonds is 2. The van der Waals surface area contributed by atoms with E-state index >= 15 is 0 Å². The summed E-state index contributed by atoms with van der Waals surface area (Å²) in [6.07, 6.45) is 3.46. The average molecular weight is 229 g/mol. The molecule has 0 spiro atoms. The third-order valence-electron chi connectivity index (χ3n) is 2.39. The molecule has 0 saturated carbocycles. The van der Waals surface area contributed by atoms with Crippen LogP contribution in [0.3, 0.4) is 0 Å². The highest BCUT2D eigenvalue weighted by Crippen LogP contribution is 2.46. The molecule has 1 unspecified atom stereocenters. The highest BCUT2D eigenvalue weighted by molar-refractivity contribution is 8.00. The van der Waals surface area contributed by atoms with Crippen molar-refractivity contribution in [3.05, 3.63) is 12.3 Å². The van der Waals surface area contributed by atoms with Crippen molar-refractivity contribution >= 4 is 41.2 Å². The number of carbonyl (C=O) groups excluding carboxylic acids is 1. The number of hydrogen-bond donors (Lipinski definition) is 1. The molecule has 0 radical (unpaired) electrons. The van der Waals surface area contributed by atoms with Crippen LogP contribution in [0.2, 0.25) is 0 Å². The quantitative estimate of drug-likeness (QED) is 0.424. The summed E-state index contributed by atoms with van der Waals surface area (Å²) in [6.45, 7) is 0. The summed E-state index contributed by atoms with van der Waals surface area (Å²) in [4.78, 5) is 24.0. The summed E-state index contributed by atoms with van der Waals surface area (Å²) in [5.41, 5.74) is -1.48. The van der Waals surface area contributed by atoms with E-state index < -0.39 is 17.3 Å². The van der Waals surface area contributed by atoms with Crippen molar-refractivity contribution in [2.75, 3.05) is 5.75 Å². The van der Waals surface area contributed by atoms with E-state index in [1.807, 2.05) is 6.08 Å². The first-order chi connectivity index (χ1) is 6.64. The van der Waals surface area contributed by atoms with E-state index in [9.17, 15) is 9.59 Å². The Bertz CT molecular complexity index is 354. The largest absolute Gasteiger partial charge is 0.480 e. The van der Waals surface area contributed by atoms with Gasteiger partial charge in [0, 0.05) is 17.3 Å². The van der Waals surface area contributed by atoms with Gasteiger partial charge in [0.15, 0.2) is 0 Å². The Morgan fingerprint density at radius 3 is 3.14 bits per heavy atom. The van der Waals surface area contributed by atoms with Crippen LogP contribution in [0.5, 0.6) is 0 Å². The van der Waals surface area contributed by atoms with Crippen molar-refractivity contribution < 1.29 is 14.7 Å². The zero-order chi connectivity index (χ0) is 10.3. The van der Waals surface area contributed by atoms with Crippen LogP contribution in [0.15, 0.2) is 12.3 Å².